The summed E-state index contributed by atoms with van der Waals surface area (Å²) in [5, 5.41) is 10.2. The summed E-state index contributed by atoms with van der Waals surface area (Å²) >= 11 is 12.5. The van der Waals surface area contributed by atoms with E-state index in [0.29, 0.717) is 29.3 Å². The molecule has 1 heterocycles. The van der Waals surface area contributed by atoms with Gasteiger partial charge in [0.05, 0.1) is 23.8 Å². The number of halogens is 2. The van der Waals surface area contributed by atoms with Gasteiger partial charge in [-0.2, -0.15) is 5.26 Å². The molecule has 1 aliphatic carbocycles. The van der Waals surface area contributed by atoms with Gasteiger partial charge in [0.25, 0.3) is 5.91 Å². The first-order valence-corrected chi connectivity index (χ1v) is 14.2. The molecule has 36 heavy (non-hydrogen) atoms. The fourth-order valence-electron chi connectivity index (χ4n) is 4.76. The van der Waals surface area contributed by atoms with E-state index in [1.54, 1.807) is 36.2 Å². The van der Waals surface area contributed by atoms with Gasteiger partial charge in [0.2, 0.25) is 10.0 Å². The average molecular weight is 551 g/mol. The van der Waals surface area contributed by atoms with Crippen molar-refractivity contribution in [2.45, 2.75) is 62.1 Å². The van der Waals surface area contributed by atoms with Crippen molar-refractivity contribution in [2.75, 3.05) is 13.6 Å². The third kappa shape index (κ3) is 5.56. The Morgan fingerprint density at radius 1 is 1.14 bits per heavy atom. The largest absolute Gasteiger partial charge is 0.357 e. The molecule has 2 aliphatic rings. The van der Waals surface area contributed by atoms with E-state index in [9.17, 15) is 18.5 Å². The zero-order valence-corrected chi connectivity index (χ0v) is 22.5. The lowest BCUT2D eigenvalue weighted by Gasteiger charge is -2.48. The molecule has 0 N–H and O–H groups in total. The Kier molecular flexibility index (Phi) is 8.28. The third-order valence-electron chi connectivity index (χ3n) is 6.81. The molecule has 2 fully saturated rings. The van der Waals surface area contributed by atoms with Gasteiger partial charge in [-0.3, -0.25) is 4.79 Å². The van der Waals surface area contributed by atoms with Crippen molar-refractivity contribution in [3.8, 4) is 6.07 Å². The van der Waals surface area contributed by atoms with Crippen molar-refractivity contribution in [3.05, 3.63) is 69.7 Å². The van der Waals surface area contributed by atoms with E-state index < -0.39 is 34.3 Å². The number of nitriles is 1. The first-order valence-electron chi connectivity index (χ1n) is 12.0. The van der Waals surface area contributed by atoms with Crippen LogP contribution in [0, 0.1) is 11.3 Å². The van der Waals surface area contributed by atoms with E-state index in [-0.39, 0.29) is 24.1 Å². The van der Waals surface area contributed by atoms with Gasteiger partial charge < -0.3 is 9.64 Å². The lowest BCUT2D eigenvalue weighted by atomic mass is 9.89. The second-order valence-electron chi connectivity index (χ2n) is 9.29. The molecule has 2 aromatic rings. The van der Waals surface area contributed by atoms with Crippen molar-refractivity contribution >= 4 is 39.1 Å². The number of morpholine rings is 1. The molecule has 2 aromatic carbocycles. The molecule has 1 amide bonds. The SMILES string of the molecule is CC[C@H](CN(C)S(=O)(=O)C1CC1)N1C(=O)[C@@H](CC#N)O[C@H](c2cccc(Cl)c2)[C@H]1c1ccc(Cl)cc1. The topological polar surface area (TPSA) is 90.7 Å². The molecule has 10 heteroatoms. The highest BCUT2D eigenvalue weighted by Gasteiger charge is 2.47. The number of carbonyl (C=O) groups is 1. The summed E-state index contributed by atoms with van der Waals surface area (Å²) in [4.78, 5) is 15.5. The molecular formula is C26H29Cl2N3O4S. The van der Waals surface area contributed by atoms with Gasteiger partial charge in [0, 0.05) is 29.7 Å². The van der Waals surface area contributed by atoms with Gasteiger partial charge in [0.15, 0.2) is 0 Å². The predicted octanol–water partition coefficient (Wildman–Crippen LogP) is 5.12. The molecule has 1 aliphatic heterocycles. The Morgan fingerprint density at radius 2 is 1.83 bits per heavy atom. The zero-order valence-electron chi connectivity index (χ0n) is 20.2. The van der Waals surface area contributed by atoms with E-state index in [2.05, 4.69) is 6.07 Å². The predicted molar refractivity (Wildman–Crippen MR) is 139 cm³/mol. The molecule has 0 unspecified atom stereocenters. The lowest BCUT2D eigenvalue weighted by Crippen LogP contribution is -2.57. The fraction of sp³-hybridized carbons (Fsp3) is 0.462. The van der Waals surface area contributed by atoms with E-state index in [1.165, 1.54) is 4.31 Å². The van der Waals surface area contributed by atoms with Gasteiger partial charge in [-0.1, -0.05) is 54.4 Å². The normalized spacial score (nSPS) is 23.5. The molecule has 7 nitrogen and oxygen atoms in total. The quantitative estimate of drug-likeness (QED) is 0.433. The van der Waals surface area contributed by atoms with Crippen LogP contribution in [0.3, 0.4) is 0 Å². The summed E-state index contributed by atoms with van der Waals surface area (Å²) in [7, 11) is -1.86. The first-order chi connectivity index (χ1) is 17.2. The van der Waals surface area contributed by atoms with Crippen LogP contribution >= 0.6 is 23.2 Å². The van der Waals surface area contributed by atoms with Gasteiger partial charge in [-0.05, 0) is 54.7 Å². The third-order valence-corrected chi connectivity index (χ3v) is 9.62. The summed E-state index contributed by atoms with van der Waals surface area (Å²) in [6, 6.07) is 15.5. The Balaban J connectivity index is 1.81. The number of rotatable bonds is 9. The van der Waals surface area contributed by atoms with Crippen LogP contribution < -0.4 is 0 Å². The standard InChI is InChI=1S/C26H29Cl2N3O4S/c1-3-21(16-30(2)36(33,34)22-11-12-22)31-24(17-7-9-19(27)10-8-17)25(18-5-4-6-20(28)15-18)35-23(13-14-29)26(31)32/h4-10,15,21-25H,3,11-13,16H2,1-2H3/t21-,23-,24-,25-/m1/s1. The number of nitrogens with zero attached hydrogens (tertiary/aromatic N) is 3. The molecule has 0 spiro atoms. The Morgan fingerprint density at radius 3 is 2.42 bits per heavy atom. The number of carbonyl (C=O) groups excluding carboxylic acids is 1. The maximum absolute atomic E-state index is 13.8. The highest BCUT2D eigenvalue weighted by atomic mass is 35.5. The molecule has 0 radical (unpaired) electrons. The van der Waals surface area contributed by atoms with E-state index in [1.807, 2.05) is 31.2 Å². The summed E-state index contributed by atoms with van der Waals surface area (Å²) in [5.41, 5.74) is 1.55. The maximum Gasteiger partial charge on any atom is 0.253 e. The maximum atomic E-state index is 13.8. The van der Waals surface area contributed by atoms with Gasteiger partial charge in [0.1, 0.15) is 12.2 Å². The molecule has 1 saturated heterocycles. The van der Waals surface area contributed by atoms with Crippen molar-refractivity contribution in [2.24, 2.45) is 0 Å². The van der Waals surface area contributed by atoms with Crippen LogP contribution in [-0.2, 0) is 19.6 Å². The number of likely N-dealkylation sites (N-methyl/N-ethyl adjacent to an activating group) is 1. The number of sulfonamides is 1. The molecule has 192 valence electrons. The highest BCUT2D eigenvalue weighted by molar-refractivity contribution is 7.90. The number of amides is 1. The Bertz CT molecular complexity index is 1240. The second-order valence-corrected chi connectivity index (χ2v) is 12.5. The smallest absolute Gasteiger partial charge is 0.253 e. The molecule has 1 saturated carbocycles. The minimum Gasteiger partial charge on any atom is -0.357 e. The van der Waals surface area contributed by atoms with Crippen LogP contribution in [0.15, 0.2) is 48.5 Å². The summed E-state index contributed by atoms with van der Waals surface area (Å²) in [6.07, 6.45) is 0.110. The number of hydrogen-bond donors (Lipinski definition) is 0. The number of ether oxygens (including phenoxy) is 1. The summed E-state index contributed by atoms with van der Waals surface area (Å²) < 4.78 is 33.5. The Labute approximate surface area is 222 Å². The molecule has 4 rings (SSSR count). The molecule has 0 bridgehead atoms. The minimum atomic E-state index is -3.43. The van der Waals surface area contributed by atoms with Crippen molar-refractivity contribution in [1.29, 1.82) is 5.26 Å². The van der Waals surface area contributed by atoms with Crippen LogP contribution in [0.25, 0.3) is 0 Å². The second kappa shape index (κ2) is 11.1. The minimum absolute atomic E-state index is 0.119. The van der Waals surface area contributed by atoms with Crippen LogP contribution in [0.4, 0.5) is 0 Å². The van der Waals surface area contributed by atoms with Gasteiger partial charge in [-0.15, -0.1) is 0 Å². The molecule has 0 aromatic heterocycles. The average Bonchev–Trinajstić information content (AvgIpc) is 3.70. The van der Waals surface area contributed by atoms with Crippen molar-refractivity contribution in [1.82, 2.24) is 9.21 Å². The molecular weight excluding hydrogens is 521 g/mol. The van der Waals surface area contributed by atoms with E-state index in [0.717, 1.165) is 11.1 Å². The number of benzene rings is 2. The number of hydrogen-bond acceptors (Lipinski definition) is 5. The Hall–Kier alpha value is -2.15. The van der Waals surface area contributed by atoms with Crippen molar-refractivity contribution in [3.63, 3.8) is 0 Å². The van der Waals surface area contributed by atoms with Gasteiger partial charge >= 0.3 is 0 Å². The highest BCUT2D eigenvalue weighted by Crippen LogP contribution is 2.45. The van der Waals surface area contributed by atoms with E-state index >= 15 is 0 Å². The summed E-state index contributed by atoms with van der Waals surface area (Å²) in [6.45, 7) is 2.07. The summed E-state index contributed by atoms with van der Waals surface area (Å²) in [5.74, 6) is -0.334. The van der Waals surface area contributed by atoms with Crippen LogP contribution in [0.5, 0.6) is 0 Å². The van der Waals surface area contributed by atoms with Crippen LogP contribution in [-0.4, -0.2) is 54.5 Å². The van der Waals surface area contributed by atoms with Crippen LogP contribution in [0.1, 0.15) is 55.9 Å². The monoisotopic (exact) mass is 549 g/mol. The zero-order chi connectivity index (χ0) is 26.0. The van der Waals surface area contributed by atoms with Crippen LogP contribution in [0.2, 0.25) is 10.0 Å². The lowest BCUT2D eigenvalue weighted by molar-refractivity contribution is -0.179. The first kappa shape index (κ1) is 26.9. The van der Waals surface area contributed by atoms with Gasteiger partial charge in [-0.25, -0.2) is 12.7 Å². The molecule has 4 atom stereocenters. The fourth-order valence-corrected chi connectivity index (χ4v) is 6.70. The van der Waals surface area contributed by atoms with E-state index in [4.69, 9.17) is 27.9 Å². The van der Waals surface area contributed by atoms with Crippen molar-refractivity contribution < 1.29 is 17.9 Å².